The van der Waals surface area contributed by atoms with Crippen LogP contribution in [0.15, 0.2) is 24.3 Å². The van der Waals surface area contributed by atoms with E-state index < -0.39 is 6.10 Å². The van der Waals surface area contributed by atoms with Gasteiger partial charge in [0, 0.05) is 6.04 Å². The quantitative estimate of drug-likeness (QED) is 0.901. The summed E-state index contributed by atoms with van der Waals surface area (Å²) in [7, 11) is 0. The molecule has 1 fully saturated rings. The lowest BCUT2D eigenvalue weighted by Crippen LogP contribution is -2.45. The van der Waals surface area contributed by atoms with Crippen LogP contribution in [0.1, 0.15) is 39.0 Å². The Kier molecular flexibility index (Phi) is 4.32. The maximum absolute atomic E-state index is 12.2. The number of rotatable bonds is 3. The SMILES string of the molecule is C[C@@H]1CCCC[C@H]1NC(=O)C[C@H]1Oc2ccccc2NC1=O. The zero-order valence-corrected chi connectivity index (χ0v) is 12.8. The van der Waals surface area contributed by atoms with E-state index in [0.29, 0.717) is 17.4 Å². The van der Waals surface area contributed by atoms with Crippen LogP contribution in [0.3, 0.4) is 0 Å². The second-order valence-corrected chi connectivity index (χ2v) is 6.23. The summed E-state index contributed by atoms with van der Waals surface area (Å²) in [4.78, 5) is 24.2. The molecule has 1 aromatic rings. The van der Waals surface area contributed by atoms with Gasteiger partial charge in [0.25, 0.3) is 5.91 Å². The van der Waals surface area contributed by atoms with Crippen LogP contribution < -0.4 is 15.4 Å². The smallest absolute Gasteiger partial charge is 0.266 e. The molecule has 1 aromatic carbocycles. The fourth-order valence-corrected chi connectivity index (χ4v) is 3.19. The van der Waals surface area contributed by atoms with Crippen LogP contribution in [-0.4, -0.2) is 24.0 Å². The molecule has 2 N–H and O–H groups in total. The lowest BCUT2D eigenvalue weighted by molar-refractivity contribution is -0.131. The molecule has 22 heavy (non-hydrogen) atoms. The highest BCUT2D eigenvalue weighted by Crippen LogP contribution is 2.29. The van der Waals surface area contributed by atoms with Crippen LogP contribution >= 0.6 is 0 Å². The van der Waals surface area contributed by atoms with E-state index in [1.165, 1.54) is 6.42 Å². The van der Waals surface area contributed by atoms with Crippen molar-refractivity contribution in [3.8, 4) is 5.75 Å². The molecule has 1 saturated carbocycles. The molecular formula is C17H22N2O3. The standard InChI is InChI=1S/C17H22N2O3/c1-11-6-2-3-7-12(11)18-16(20)10-15-17(21)19-13-8-4-5-9-14(13)22-15/h4-5,8-9,11-12,15H,2-3,6-7,10H2,1H3,(H,18,20)(H,19,21)/t11-,12-,15-/m1/s1. The predicted molar refractivity (Wildman–Crippen MR) is 83.7 cm³/mol. The van der Waals surface area contributed by atoms with Gasteiger partial charge in [-0.2, -0.15) is 0 Å². The van der Waals surface area contributed by atoms with Crippen molar-refractivity contribution < 1.29 is 14.3 Å². The van der Waals surface area contributed by atoms with Gasteiger partial charge >= 0.3 is 0 Å². The Morgan fingerprint density at radius 3 is 2.91 bits per heavy atom. The Hall–Kier alpha value is -2.04. The third kappa shape index (κ3) is 3.24. The van der Waals surface area contributed by atoms with E-state index >= 15 is 0 Å². The molecule has 0 unspecified atom stereocenters. The van der Waals surface area contributed by atoms with Crippen molar-refractivity contribution in [2.24, 2.45) is 5.92 Å². The van der Waals surface area contributed by atoms with E-state index in [2.05, 4.69) is 17.6 Å². The van der Waals surface area contributed by atoms with Gasteiger partial charge in [0.1, 0.15) is 5.75 Å². The normalized spacial score (nSPS) is 27.3. The summed E-state index contributed by atoms with van der Waals surface area (Å²) >= 11 is 0. The van der Waals surface area contributed by atoms with Crippen LogP contribution in [0.2, 0.25) is 0 Å². The van der Waals surface area contributed by atoms with Crippen LogP contribution in [0.5, 0.6) is 5.75 Å². The first kappa shape index (κ1) is 14.9. The molecule has 5 heteroatoms. The zero-order valence-electron chi connectivity index (χ0n) is 12.8. The number of benzene rings is 1. The molecule has 0 radical (unpaired) electrons. The van der Waals surface area contributed by atoms with E-state index in [0.717, 1.165) is 19.3 Å². The molecule has 0 saturated heterocycles. The number of hydrogen-bond acceptors (Lipinski definition) is 3. The first-order chi connectivity index (χ1) is 10.6. The van der Waals surface area contributed by atoms with Crippen molar-refractivity contribution in [1.82, 2.24) is 5.32 Å². The molecule has 1 heterocycles. The van der Waals surface area contributed by atoms with Gasteiger partial charge in [-0.05, 0) is 30.9 Å². The third-order valence-electron chi connectivity index (χ3n) is 4.54. The Morgan fingerprint density at radius 1 is 1.32 bits per heavy atom. The average molecular weight is 302 g/mol. The van der Waals surface area contributed by atoms with E-state index in [1.807, 2.05) is 12.1 Å². The summed E-state index contributed by atoms with van der Waals surface area (Å²) in [5, 5.41) is 5.85. The second-order valence-electron chi connectivity index (χ2n) is 6.23. The summed E-state index contributed by atoms with van der Waals surface area (Å²) in [6, 6.07) is 7.48. The Bertz CT molecular complexity index is 573. The fraction of sp³-hybridized carbons (Fsp3) is 0.529. The fourth-order valence-electron chi connectivity index (χ4n) is 3.19. The zero-order chi connectivity index (χ0) is 15.5. The van der Waals surface area contributed by atoms with Crippen molar-refractivity contribution in [1.29, 1.82) is 0 Å². The number of ether oxygens (including phenoxy) is 1. The Balaban J connectivity index is 1.59. The number of amides is 2. The van der Waals surface area contributed by atoms with Gasteiger partial charge < -0.3 is 15.4 Å². The minimum Gasteiger partial charge on any atom is -0.478 e. The lowest BCUT2D eigenvalue weighted by atomic mass is 9.86. The second kappa shape index (κ2) is 6.38. The topological polar surface area (TPSA) is 67.4 Å². The van der Waals surface area contributed by atoms with Crippen molar-refractivity contribution in [2.75, 3.05) is 5.32 Å². The Morgan fingerprint density at radius 2 is 2.09 bits per heavy atom. The van der Waals surface area contributed by atoms with Gasteiger partial charge in [-0.3, -0.25) is 9.59 Å². The summed E-state index contributed by atoms with van der Waals surface area (Å²) in [5.74, 6) is 0.745. The number of carbonyl (C=O) groups is 2. The molecule has 0 bridgehead atoms. The molecule has 1 aliphatic heterocycles. The van der Waals surface area contributed by atoms with E-state index in [4.69, 9.17) is 4.74 Å². The molecule has 2 amide bonds. The van der Waals surface area contributed by atoms with Crippen LogP contribution in [0.4, 0.5) is 5.69 Å². The van der Waals surface area contributed by atoms with E-state index in [1.54, 1.807) is 12.1 Å². The van der Waals surface area contributed by atoms with Crippen LogP contribution in [0.25, 0.3) is 0 Å². The van der Waals surface area contributed by atoms with Gasteiger partial charge in [-0.15, -0.1) is 0 Å². The number of carbonyl (C=O) groups excluding carboxylic acids is 2. The summed E-state index contributed by atoms with van der Waals surface area (Å²) in [6.45, 7) is 2.17. The van der Waals surface area contributed by atoms with Crippen LogP contribution in [-0.2, 0) is 9.59 Å². The molecule has 0 spiro atoms. The van der Waals surface area contributed by atoms with Gasteiger partial charge in [-0.1, -0.05) is 31.9 Å². The molecular weight excluding hydrogens is 280 g/mol. The van der Waals surface area contributed by atoms with Gasteiger partial charge in [0.05, 0.1) is 12.1 Å². The highest BCUT2D eigenvalue weighted by Gasteiger charge is 2.31. The molecule has 2 aliphatic rings. The summed E-state index contributed by atoms with van der Waals surface area (Å²) in [5.41, 5.74) is 0.657. The lowest BCUT2D eigenvalue weighted by Gasteiger charge is -2.30. The van der Waals surface area contributed by atoms with Gasteiger partial charge in [0.15, 0.2) is 6.10 Å². The molecule has 1 aliphatic carbocycles. The van der Waals surface area contributed by atoms with Crippen molar-refractivity contribution in [3.63, 3.8) is 0 Å². The number of fused-ring (bicyclic) bond motifs is 1. The third-order valence-corrected chi connectivity index (χ3v) is 4.54. The summed E-state index contributed by atoms with van der Waals surface area (Å²) in [6.07, 6.45) is 3.87. The Labute approximate surface area is 130 Å². The predicted octanol–water partition coefficient (Wildman–Crippen LogP) is 2.47. The van der Waals surface area contributed by atoms with E-state index in [9.17, 15) is 9.59 Å². The monoisotopic (exact) mass is 302 g/mol. The van der Waals surface area contributed by atoms with Gasteiger partial charge in [0.2, 0.25) is 5.91 Å². The number of nitrogens with one attached hydrogen (secondary N) is 2. The maximum Gasteiger partial charge on any atom is 0.266 e. The number of hydrogen-bond donors (Lipinski definition) is 2. The molecule has 118 valence electrons. The number of para-hydroxylation sites is 2. The average Bonchev–Trinajstić information content (AvgIpc) is 2.50. The van der Waals surface area contributed by atoms with Crippen molar-refractivity contribution in [3.05, 3.63) is 24.3 Å². The highest BCUT2D eigenvalue weighted by molar-refractivity contribution is 5.99. The minimum atomic E-state index is -0.756. The van der Waals surface area contributed by atoms with Crippen LogP contribution in [0, 0.1) is 5.92 Å². The largest absolute Gasteiger partial charge is 0.478 e. The van der Waals surface area contributed by atoms with Gasteiger partial charge in [-0.25, -0.2) is 0 Å². The first-order valence-corrected chi connectivity index (χ1v) is 7.99. The minimum absolute atomic E-state index is 0.0589. The molecule has 5 nitrogen and oxygen atoms in total. The number of anilines is 1. The first-order valence-electron chi connectivity index (χ1n) is 7.99. The highest BCUT2D eigenvalue weighted by atomic mass is 16.5. The molecule has 3 atom stereocenters. The van der Waals surface area contributed by atoms with Crippen molar-refractivity contribution >= 4 is 17.5 Å². The van der Waals surface area contributed by atoms with Crippen molar-refractivity contribution in [2.45, 2.75) is 51.2 Å². The molecule has 0 aromatic heterocycles. The van der Waals surface area contributed by atoms with E-state index in [-0.39, 0.29) is 24.3 Å². The summed E-state index contributed by atoms with van der Waals surface area (Å²) < 4.78 is 5.66. The molecule has 3 rings (SSSR count). The maximum atomic E-state index is 12.2.